The van der Waals surface area contributed by atoms with Gasteiger partial charge in [0.1, 0.15) is 6.20 Å². The van der Waals surface area contributed by atoms with Gasteiger partial charge in [-0.3, -0.25) is 24.5 Å². The van der Waals surface area contributed by atoms with Crippen LogP contribution in [0.3, 0.4) is 0 Å². The number of hydrogen-bond donors (Lipinski definition) is 0. The monoisotopic (exact) mass is 411 g/mol. The molecule has 156 valence electrons. The van der Waals surface area contributed by atoms with Crippen molar-refractivity contribution < 1.29 is 22.9 Å². The minimum Gasteiger partial charge on any atom is -0.335 e. The smallest absolute Gasteiger partial charge is 0.335 e. The van der Waals surface area contributed by atoms with Crippen LogP contribution >= 0.6 is 0 Å². The molecule has 11 heteroatoms. The minimum atomic E-state index is -4.39. The van der Waals surface area contributed by atoms with Crippen molar-refractivity contribution >= 4 is 11.6 Å². The highest BCUT2D eigenvalue weighted by molar-refractivity contribution is 5.96. The van der Waals surface area contributed by atoms with Crippen LogP contribution in [0.1, 0.15) is 28.5 Å². The Bertz CT molecular complexity index is 904. The molecule has 2 aromatic rings. The maximum absolute atomic E-state index is 12.9. The number of amides is 1. The molecule has 29 heavy (non-hydrogen) atoms. The largest absolute Gasteiger partial charge is 0.416 e. The van der Waals surface area contributed by atoms with E-state index in [1.165, 1.54) is 15.6 Å². The van der Waals surface area contributed by atoms with E-state index < -0.39 is 22.6 Å². The summed E-state index contributed by atoms with van der Waals surface area (Å²) in [5.74, 6) is -0.463. The lowest BCUT2D eigenvalue weighted by molar-refractivity contribution is -0.385. The van der Waals surface area contributed by atoms with Crippen LogP contribution in [0.4, 0.5) is 18.9 Å². The number of aryl methyl sites for hydroxylation is 1. The number of nitrogens with zero attached hydrogens (tertiary/aromatic N) is 5. The zero-order chi connectivity index (χ0) is 21.2. The zero-order valence-electron chi connectivity index (χ0n) is 15.7. The molecule has 0 atom stereocenters. The van der Waals surface area contributed by atoms with Gasteiger partial charge in [-0.2, -0.15) is 18.3 Å². The molecule has 3 rings (SSSR count). The lowest BCUT2D eigenvalue weighted by Crippen LogP contribution is -2.48. The summed E-state index contributed by atoms with van der Waals surface area (Å²) in [7, 11) is 0. The maximum atomic E-state index is 12.9. The fourth-order valence-corrected chi connectivity index (χ4v) is 3.33. The normalized spacial score (nSPS) is 15.5. The van der Waals surface area contributed by atoms with Crippen LogP contribution in [0, 0.1) is 10.1 Å². The number of carbonyl (C=O) groups is 1. The predicted molar refractivity (Wildman–Crippen MR) is 97.2 cm³/mol. The van der Waals surface area contributed by atoms with Gasteiger partial charge in [-0.25, -0.2) is 0 Å². The molecule has 1 saturated heterocycles. The summed E-state index contributed by atoms with van der Waals surface area (Å²) < 4.78 is 39.9. The topological polar surface area (TPSA) is 84.5 Å². The van der Waals surface area contributed by atoms with E-state index in [9.17, 15) is 28.1 Å². The number of benzene rings is 1. The number of nitro groups is 1. The van der Waals surface area contributed by atoms with Crippen molar-refractivity contribution in [1.82, 2.24) is 19.6 Å². The average molecular weight is 411 g/mol. The quantitative estimate of drug-likeness (QED) is 0.558. The van der Waals surface area contributed by atoms with Gasteiger partial charge in [-0.05, 0) is 18.6 Å². The van der Waals surface area contributed by atoms with E-state index in [4.69, 9.17) is 0 Å². The lowest BCUT2D eigenvalue weighted by Gasteiger charge is -2.34. The van der Waals surface area contributed by atoms with Crippen LogP contribution in [0.25, 0.3) is 0 Å². The molecule has 0 unspecified atom stereocenters. The van der Waals surface area contributed by atoms with E-state index in [0.29, 0.717) is 44.8 Å². The van der Waals surface area contributed by atoms with E-state index in [1.54, 1.807) is 13.0 Å². The summed E-state index contributed by atoms with van der Waals surface area (Å²) >= 11 is 0. The van der Waals surface area contributed by atoms with Crippen LogP contribution in [-0.2, 0) is 19.3 Å². The molecule has 0 bridgehead atoms. The van der Waals surface area contributed by atoms with Gasteiger partial charge in [-0.1, -0.05) is 18.2 Å². The van der Waals surface area contributed by atoms with Crippen molar-refractivity contribution in [1.29, 1.82) is 0 Å². The van der Waals surface area contributed by atoms with Gasteiger partial charge < -0.3 is 4.90 Å². The molecule has 1 aromatic heterocycles. The number of rotatable bonds is 5. The SMILES string of the molecule is CCn1ncc([N+](=O)[O-])c1C(=O)N1CCN(Cc2cccc(C(F)(F)F)c2)CC1. The van der Waals surface area contributed by atoms with E-state index in [2.05, 4.69) is 5.10 Å². The second kappa shape index (κ2) is 8.19. The number of halogens is 3. The van der Waals surface area contributed by atoms with Gasteiger partial charge >= 0.3 is 11.9 Å². The third-order valence-corrected chi connectivity index (χ3v) is 4.84. The first-order valence-electron chi connectivity index (χ1n) is 9.08. The first kappa shape index (κ1) is 20.8. The van der Waals surface area contributed by atoms with Crippen molar-refractivity contribution in [2.45, 2.75) is 26.2 Å². The number of hydrogen-bond acceptors (Lipinski definition) is 5. The molecule has 1 aliphatic heterocycles. The zero-order valence-corrected chi connectivity index (χ0v) is 15.7. The van der Waals surface area contributed by atoms with Gasteiger partial charge in [0.05, 0.1) is 10.5 Å². The molecule has 2 heterocycles. The van der Waals surface area contributed by atoms with Crippen molar-refractivity contribution in [3.05, 3.63) is 57.4 Å². The van der Waals surface area contributed by atoms with Crippen molar-refractivity contribution in [3.8, 4) is 0 Å². The Kier molecular flexibility index (Phi) is 5.87. The van der Waals surface area contributed by atoms with Crippen molar-refractivity contribution in [3.63, 3.8) is 0 Å². The summed E-state index contributed by atoms with van der Waals surface area (Å²) in [5, 5.41) is 15.1. The summed E-state index contributed by atoms with van der Waals surface area (Å²) in [6, 6.07) is 5.17. The number of alkyl halides is 3. The van der Waals surface area contributed by atoms with Crippen LogP contribution in [-0.4, -0.2) is 56.6 Å². The predicted octanol–water partition coefficient (Wildman–Crippen LogP) is 2.79. The van der Waals surface area contributed by atoms with Gasteiger partial charge in [0.25, 0.3) is 5.91 Å². The lowest BCUT2D eigenvalue weighted by atomic mass is 10.1. The second-order valence-corrected chi connectivity index (χ2v) is 6.72. The Morgan fingerprint density at radius 2 is 1.93 bits per heavy atom. The molecular weight excluding hydrogens is 391 g/mol. The van der Waals surface area contributed by atoms with Gasteiger partial charge in [0.2, 0.25) is 5.69 Å². The molecule has 8 nitrogen and oxygen atoms in total. The highest BCUT2D eigenvalue weighted by Crippen LogP contribution is 2.30. The average Bonchev–Trinajstić information content (AvgIpc) is 3.12. The number of aromatic nitrogens is 2. The molecule has 1 aromatic carbocycles. The van der Waals surface area contributed by atoms with E-state index in [0.717, 1.165) is 18.3 Å². The Morgan fingerprint density at radius 1 is 1.24 bits per heavy atom. The first-order chi connectivity index (χ1) is 13.7. The van der Waals surface area contributed by atoms with Crippen LogP contribution < -0.4 is 0 Å². The third kappa shape index (κ3) is 4.56. The Balaban J connectivity index is 1.65. The third-order valence-electron chi connectivity index (χ3n) is 4.84. The van der Waals surface area contributed by atoms with Gasteiger partial charge in [-0.15, -0.1) is 0 Å². The molecule has 1 fully saturated rings. The van der Waals surface area contributed by atoms with Crippen LogP contribution in [0.2, 0.25) is 0 Å². The fourth-order valence-electron chi connectivity index (χ4n) is 3.33. The fraction of sp³-hybridized carbons (Fsp3) is 0.444. The first-order valence-corrected chi connectivity index (χ1v) is 9.08. The van der Waals surface area contributed by atoms with Gasteiger partial charge in [0.15, 0.2) is 0 Å². The minimum absolute atomic E-state index is 0.0520. The highest BCUT2D eigenvalue weighted by atomic mass is 19.4. The van der Waals surface area contributed by atoms with E-state index in [-0.39, 0.29) is 11.4 Å². The molecular formula is C18H20F3N5O3. The summed E-state index contributed by atoms with van der Waals surface area (Å²) in [6.45, 7) is 3.95. The Morgan fingerprint density at radius 3 is 2.52 bits per heavy atom. The van der Waals surface area contributed by atoms with E-state index in [1.807, 2.05) is 4.90 Å². The molecule has 0 N–H and O–H groups in total. The molecule has 0 saturated carbocycles. The summed E-state index contributed by atoms with van der Waals surface area (Å²) in [6.07, 6.45) is -3.32. The molecule has 1 amide bonds. The molecule has 1 aliphatic rings. The van der Waals surface area contributed by atoms with Crippen molar-refractivity contribution in [2.75, 3.05) is 26.2 Å². The number of carbonyl (C=O) groups excluding carboxylic acids is 1. The molecule has 0 radical (unpaired) electrons. The Labute approximate surface area is 164 Å². The van der Waals surface area contributed by atoms with Crippen LogP contribution in [0.5, 0.6) is 0 Å². The van der Waals surface area contributed by atoms with Crippen LogP contribution in [0.15, 0.2) is 30.5 Å². The highest BCUT2D eigenvalue weighted by Gasteiger charge is 2.32. The maximum Gasteiger partial charge on any atom is 0.416 e. The number of piperazine rings is 1. The summed E-state index contributed by atoms with van der Waals surface area (Å²) in [4.78, 5) is 26.8. The van der Waals surface area contributed by atoms with E-state index >= 15 is 0 Å². The van der Waals surface area contributed by atoms with Gasteiger partial charge in [0, 0.05) is 39.3 Å². The standard InChI is InChI=1S/C18H20F3N5O3/c1-2-25-16(15(11-22-25)26(28)29)17(27)24-8-6-23(7-9-24)12-13-4-3-5-14(10-13)18(19,20)21/h3-5,10-11H,2,6-9,12H2,1H3. The van der Waals surface area contributed by atoms with Crippen molar-refractivity contribution in [2.24, 2.45) is 0 Å². The molecule has 0 aliphatic carbocycles. The Hall–Kier alpha value is -2.95. The molecule has 0 spiro atoms. The second-order valence-electron chi connectivity index (χ2n) is 6.72. The summed E-state index contributed by atoms with van der Waals surface area (Å²) in [5.41, 5.74) is -0.532.